The number of benzene rings is 1. The summed E-state index contributed by atoms with van der Waals surface area (Å²) in [5.74, 6) is 0.590. The second kappa shape index (κ2) is 5.84. The largest absolute Gasteiger partial charge is 0.304 e. The predicted molar refractivity (Wildman–Crippen MR) is 97.9 cm³/mol. The average molecular weight is 357 g/mol. The Labute approximate surface area is 144 Å². The van der Waals surface area contributed by atoms with Gasteiger partial charge in [-0.15, -0.1) is 11.3 Å². The highest BCUT2D eigenvalue weighted by atomic mass is 32.1. The van der Waals surface area contributed by atoms with Gasteiger partial charge in [-0.25, -0.2) is 4.98 Å². The van der Waals surface area contributed by atoms with Gasteiger partial charge in [0.15, 0.2) is 15.4 Å². The summed E-state index contributed by atoms with van der Waals surface area (Å²) in [5.41, 5.74) is 1.64. The molecule has 0 aliphatic rings. The van der Waals surface area contributed by atoms with Crippen molar-refractivity contribution in [2.75, 3.05) is 0 Å². The molecule has 0 amide bonds. The summed E-state index contributed by atoms with van der Waals surface area (Å²) in [7, 11) is 0. The zero-order chi connectivity index (χ0) is 15.8. The molecule has 0 unspecified atom stereocenters. The molecule has 4 nitrogen and oxygen atoms in total. The van der Waals surface area contributed by atoms with Gasteiger partial charge < -0.3 is 9.55 Å². The molecule has 23 heavy (non-hydrogen) atoms. The first-order valence-corrected chi connectivity index (χ1v) is 9.04. The second-order valence-corrected chi connectivity index (χ2v) is 7.58. The Balaban J connectivity index is 1.92. The molecule has 0 saturated carbocycles. The summed E-state index contributed by atoms with van der Waals surface area (Å²) in [5, 5.41) is 1.96. The molecule has 1 N–H and O–H groups in total. The van der Waals surface area contributed by atoms with Crippen LogP contribution in [0.4, 0.5) is 0 Å². The third-order valence-electron chi connectivity index (χ3n) is 3.46. The highest BCUT2D eigenvalue weighted by Gasteiger charge is 2.13. The van der Waals surface area contributed by atoms with Crippen LogP contribution in [0.3, 0.4) is 0 Å². The Morgan fingerprint density at radius 1 is 1.17 bits per heavy atom. The minimum absolute atomic E-state index is 0.138. The van der Waals surface area contributed by atoms with Gasteiger partial charge in [-0.2, -0.15) is 0 Å². The number of H-pyrrole nitrogens is 1. The van der Waals surface area contributed by atoms with Crippen molar-refractivity contribution >= 4 is 45.2 Å². The van der Waals surface area contributed by atoms with Crippen molar-refractivity contribution in [2.24, 2.45) is 0 Å². The van der Waals surface area contributed by atoms with Gasteiger partial charge in [0.1, 0.15) is 4.70 Å². The summed E-state index contributed by atoms with van der Waals surface area (Å²) in [6.07, 6.45) is 0. The van der Waals surface area contributed by atoms with Crippen molar-refractivity contribution in [2.45, 2.75) is 6.54 Å². The Morgan fingerprint density at radius 2 is 2.00 bits per heavy atom. The number of nitrogens with one attached hydrogen (secondary N) is 1. The van der Waals surface area contributed by atoms with Gasteiger partial charge in [0.25, 0.3) is 5.56 Å². The van der Waals surface area contributed by atoms with Crippen LogP contribution in [0, 0.1) is 3.95 Å². The van der Waals surface area contributed by atoms with Crippen LogP contribution in [-0.4, -0.2) is 14.5 Å². The summed E-state index contributed by atoms with van der Waals surface area (Å²) in [6, 6.07) is 13.9. The average Bonchev–Trinajstić information content (AvgIpc) is 3.19. The third kappa shape index (κ3) is 2.67. The zero-order valence-electron chi connectivity index (χ0n) is 11.9. The van der Waals surface area contributed by atoms with Crippen LogP contribution in [-0.2, 0) is 6.54 Å². The molecule has 3 heterocycles. The highest BCUT2D eigenvalue weighted by Crippen LogP contribution is 2.24. The van der Waals surface area contributed by atoms with Gasteiger partial charge >= 0.3 is 0 Å². The fourth-order valence-corrected chi connectivity index (χ4v) is 4.29. The standard InChI is InChI=1S/C16H11N3OS3/c20-15-12-14(17-13(18-15)11-7-4-8-22-11)19(16(21)23-12)9-10-5-2-1-3-6-10/h1-8H,9H2,(H,17,18,20). The molecule has 4 aromatic rings. The van der Waals surface area contributed by atoms with E-state index in [1.807, 2.05) is 52.4 Å². The molecular weight excluding hydrogens is 346 g/mol. The summed E-state index contributed by atoms with van der Waals surface area (Å²) >= 11 is 8.30. The molecule has 0 aliphatic carbocycles. The molecule has 0 radical (unpaired) electrons. The lowest BCUT2D eigenvalue weighted by molar-refractivity contribution is 0.819. The first-order chi connectivity index (χ1) is 11.2. The summed E-state index contributed by atoms with van der Waals surface area (Å²) < 4.78 is 3.16. The van der Waals surface area contributed by atoms with Crippen molar-refractivity contribution in [3.05, 3.63) is 67.7 Å². The van der Waals surface area contributed by atoms with Crippen molar-refractivity contribution in [1.82, 2.24) is 14.5 Å². The second-order valence-electron chi connectivity index (χ2n) is 4.98. The van der Waals surface area contributed by atoms with E-state index in [0.29, 0.717) is 26.7 Å². The van der Waals surface area contributed by atoms with E-state index in [1.54, 1.807) is 11.3 Å². The Morgan fingerprint density at radius 3 is 2.74 bits per heavy atom. The number of nitrogens with zero attached hydrogens (tertiary/aromatic N) is 2. The SMILES string of the molecule is O=c1[nH]c(-c2cccs2)nc2c1sc(=S)n2Cc1ccccc1. The van der Waals surface area contributed by atoms with E-state index in [9.17, 15) is 4.79 Å². The molecule has 3 aromatic heterocycles. The molecule has 0 atom stereocenters. The minimum atomic E-state index is -0.138. The summed E-state index contributed by atoms with van der Waals surface area (Å²) in [6.45, 7) is 0.611. The van der Waals surface area contributed by atoms with Gasteiger partial charge in [0.05, 0.1) is 11.4 Å². The minimum Gasteiger partial charge on any atom is -0.304 e. The van der Waals surface area contributed by atoms with Crippen LogP contribution in [0.2, 0.25) is 0 Å². The smallest absolute Gasteiger partial charge is 0.270 e. The molecule has 4 rings (SSSR count). The lowest BCUT2D eigenvalue weighted by Gasteiger charge is -2.05. The van der Waals surface area contributed by atoms with Crippen molar-refractivity contribution in [1.29, 1.82) is 0 Å². The maximum absolute atomic E-state index is 12.4. The van der Waals surface area contributed by atoms with Crippen molar-refractivity contribution in [3.8, 4) is 10.7 Å². The van der Waals surface area contributed by atoms with Gasteiger partial charge in [-0.05, 0) is 29.2 Å². The number of aromatic amines is 1. The lowest BCUT2D eigenvalue weighted by Crippen LogP contribution is -2.10. The van der Waals surface area contributed by atoms with Gasteiger partial charge in [-0.1, -0.05) is 47.7 Å². The maximum Gasteiger partial charge on any atom is 0.270 e. The molecule has 0 saturated heterocycles. The van der Waals surface area contributed by atoms with E-state index in [-0.39, 0.29) is 5.56 Å². The van der Waals surface area contributed by atoms with E-state index in [2.05, 4.69) is 9.97 Å². The monoisotopic (exact) mass is 357 g/mol. The van der Waals surface area contributed by atoms with E-state index < -0.39 is 0 Å². The number of rotatable bonds is 3. The summed E-state index contributed by atoms with van der Waals surface area (Å²) in [4.78, 5) is 20.8. The van der Waals surface area contributed by atoms with Gasteiger partial charge in [0.2, 0.25) is 0 Å². The first-order valence-electron chi connectivity index (χ1n) is 6.94. The Bertz CT molecular complexity index is 1080. The van der Waals surface area contributed by atoms with E-state index in [4.69, 9.17) is 12.2 Å². The van der Waals surface area contributed by atoms with Crippen LogP contribution in [0.5, 0.6) is 0 Å². The molecule has 0 fully saturated rings. The zero-order valence-corrected chi connectivity index (χ0v) is 14.3. The Kier molecular flexibility index (Phi) is 3.68. The van der Waals surface area contributed by atoms with E-state index in [0.717, 1.165) is 10.4 Å². The quantitative estimate of drug-likeness (QED) is 0.556. The highest BCUT2D eigenvalue weighted by molar-refractivity contribution is 7.73. The lowest BCUT2D eigenvalue weighted by atomic mass is 10.2. The van der Waals surface area contributed by atoms with Crippen molar-refractivity contribution in [3.63, 3.8) is 0 Å². The van der Waals surface area contributed by atoms with Crippen molar-refractivity contribution < 1.29 is 0 Å². The third-order valence-corrected chi connectivity index (χ3v) is 5.78. The number of thiazole rings is 1. The van der Waals surface area contributed by atoms with Crippen LogP contribution in [0.25, 0.3) is 21.0 Å². The fourth-order valence-electron chi connectivity index (χ4n) is 2.39. The molecule has 7 heteroatoms. The molecule has 0 bridgehead atoms. The molecule has 114 valence electrons. The van der Waals surface area contributed by atoms with E-state index >= 15 is 0 Å². The Hall–Kier alpha value is -2.09. The topological polar surface area (TPSA) is 50.7 Å². The number of fused-ring (bicyclic) bond motifs is 1. The maximum atomic E-state index is 12.4. The number of hydrogen-bond donors (Lipinski definition) is 1. The van der Waals surface area contributed by atoms with Crippen LogP contribution in [0.15, 0.2) is 52.6 Å². The van der Waals surface area contributed by atoms with Crippen LogP contribution in [0.1, 0.15) is 5.56 Å². The van der Waals surface area contributed by atoms with Crippen LogP contribution < -0.4 is 5.56 Å². The first kappa shape index (κ1) is 14.5. The van der Waals surface area contributed by atoms with Crippen LogP contribution >= 0.6 is 34.9 Å². The molecule has 0 spiro atoms. The van der Waals surface area contributed by atoms with E-state index in [1.165, 1.54) is 11.3 Å². The predicted octanol–water partition coefficient (Wildman–Crippen LogP) is 4.29. The van der Waals surface area contributed by atoms with Gasteiger partial charge in [-0.3, -0.25) is 4.79 Å². The molecular formula is C16H11N3OS3. The molecule has 0 aliphatic heterocycles. The number of aromatic nitrogens is 3. The van der Waals surface area contributed by atoms with Gasteiger partial charge in [0, 0.05) is 0 Å². The number of thiophene rings is 1. The fraction of sp³-hybridized carbons (Fsp3) is 0.0625. The molecule has 1 aromatic carbocycles. The number of hydrogen-bond acceptors (Lipinski definition) is 5. The normalized spacial score (nSPS) is 11.1.